The molecule has 5 heteroatoms. The van der Waals surface area contributed by atoms with Gasteiger partial charge in [-0.05, 0) is 56.5 Å². The molecule has 0 radical (unpaired) electrons. The Morgan fingerprint density at radius 3 is 2.50 bits per heavy atom. The zero-order valence-corrected chi connectivity index (χ0v) is 15.8. The van der Waals surface area contributed by atoms with Gasteiger partial charge in [0.2, 0.25) is 0 Å². The molecule has 0 atom stereocenters. The van der Waals surface area contributed by atoms with Crippen LogP contribution >= 0.6 is 0 Å². The van der Waals surface area contributed by atoms with Crippen molar-refractivity contribution < 1.29 is 9.90 Å². The van der Waals surface area contributed by atoms with Gasteiger partial charge in [0.25, 0.3) is 5.91 Å². The molecule has 26 heavy (non-hydrogen) atoms. The van der Waals surface area contributed by atoms with Crippen LogP contribution in [0.5, 0.6) is 0 Å². The number of aliphatic hydroxyl groups excluding tert-OH is 1. The lowest BCUT2D eigenvalue weighted by Gasteiger charge is -2.29. The van der Waals surface area contributed by atoms with Crippen LogP contribution in [0.2, 0.25) is 0 Å². The van der Waals surface area contributed by atoms with Crippen LogP contribution < -0.4 is 5.32 Å². The Balaban J connectivity index is 1.45. The summed E-state index contributed by atoms with van der Waals surface area (Å²) < 4.78 is 0. The van der Waals surface area contributed by atoms with Crippen molar-refractivity contribution in [2.24, 2.45) is 0 Å². The summed E-state index contributed by atoms with van der Waals surface area (Å²) in [6, 6.07) is 8.06. The number of nitrogens with one attached hydrogen (secondary N) is 1. The predicted octanol–water partition coefficient (Wildman–Crippen LogP) is 2.25. The van der Waals surface area contributed by atoms with Crippen molar-refractivity contribution in [2.75, 3.05) is 39.3 Å². The third kappa shape index (κ3) is 6.08. The molecule has 2 aliphatic heterocycles. The Hall–Kier alpha value is -1.43. The number of carbonyl (C=O) groups is 1. The first kappa shape index (κ1) is 19.3. The first-order valence-corrected chi connectivity index (χ1v) is 10.2. The number of aliphatic hydroxyl groups is 1. The highest BCUT2D eigenvalue weighted by Gasteiger charge is 2.17. The van der Waals surface area contributed by atoms with Crippen LogP contribution in [0.15, 0.2) is 24.3 Å². The van der Waals surface area contributed by atoms with E-state index >= 15 is 0 Å². The normalized spacial score (nSPS) is 20.7. The molecule has 2 saturated heterocycles. The second-order valence-corrected chi connectivity index (χ2v) is 7.72. The van der Waals surface area contributed by atoms with Crippen LogP contribution in [0.1, 0.15) is 54.4 Å². The van der Waals surface area contributed by atoms with Gasteiger partial charge >= 0.3 is 0 Å². The lowest BCUT2D eigenvalue weighted by molar-refractivity contribution is 0.0804. The molecule has 2 aliphatic rings. The van der Waals surface area contributed by atoms with Gasteiger partial charge in [-0.15, -0.1) is 0 Å². The number of likely N-dealkylation sites (tertiary alicyclic amines) is 2. The Kier molecular flexibility index (Phi) is 7.47. The molecule has 0 bridgehead atoms. The highest BCUT2D eigenvalue weighted by molar-refractivity contribution is 5.94. The van der Waals surface area contributed by atoms with E-state index < -0.39 is 0 Å². The SMILES string of the molecule is O=C(NCCN1CCC(O)CC1)c1cccc(CN2CCCCCC2)c1. The van der Waals surface area contributed by atoms with Gasteiger partial charge in [-0.1, -0.05) is 25.0 Å². The van der Waals surface area contributed by atoms with E-state index in [0.29, 0.717) is 6.54 Å². The lowest BCUT2D eigenvalue weighted by atomic mass is 10.1. The van der Waals surface area contributed by atoms with Gasteiger partial charge < -0.3 is 15.3 Å². The summed E-state index contributed by atoms with van der Waals surface area (Å²) in [6.07, 6.45) is 6.79. The molecule has 3 rings (SSSR count). The van der Waals surface area contributed by atoms with E-state index in [1.54, 1.807) is 0 Å². The van der Waals surface area contributed by atoms with E-state index in [9.17, 15) is 9.90 Å². The van der Waals surface area contributed by atoms with E-state index in [-0.39, 0.29) is 12.0 Å². The standard InChI is InChI=1S/C21H33N3O2/c25-20-8-13-23(14-9-20)15-10-22-21(26)19-7-5-6-18(16-19)17-24-11-3-1-2-4-12-24/h5-7,16,20,25H,1-4,8-15,17H2,(H,22,26). The molecule has 144 valence electrons. The molecule has 0 saturated carbocycles. The molecule has 1 aromatic rings. The third-order valence-corrected chi connectivity index (χ3v) is 5.56. The van der Waals surface area contributed by atoms with Gasteiger partial charge in [-0.3, -0.25) is 9.69 Å². The minimum Gasteiger partial charge on any atom is -0.393 e. The highest BCUT2D eigenvalue weighted by Crippen LogP contribution is 2.14. The van der Waals surface area contributed by atoms with E-state index in [0.717, 1.165) is 44.6 Å². The number of piperidine rings is 1. The summed E-state index contributed by atoms with van der Waals surface area (Å²) in [5, 5.41) is 12.6. The fourth-order valence-corrected chi connectivity index (χ4v) is 3.94. The Bertz CT molecular complexity index is 562. The smallest absolute Gasteiger partial charge is 0.251 e. The molecule has 2 heterocycles. The summed E-state index contributed by atoms with van der Waals surface area (Å²) in [5.74, 6) is 0.0137. The number of rotatable bonds is 6. The summed E-state index contributed by atoms with van der Waals surface area (Å²) in [7, 11) is 0. The molecule has 2 N–H and O–H groups in total. The molecule has 1 aromatic carbocycles. The minimum atomic E-state index is -0.146. The van der Waals surface area contributed by atoms with Crippen molar-refractivity contribution in [3.05, 3.63) is 35.4 Å². The van der Waals surface area contributed by atoms with Crippen molar-refractivity contribution in [1.82, 2.24) is 15.1 Å². The largest absolute Gasteiger partial charge is 0.393 e. The third-order valence-electron chi connectivity index (χ3n) is 5.56. The monoisotopic (exact) mass is 359 g/mol. The molecule has 0 aromatic heterocycles. The number of benzene rings is 1. The van der Waals surface area contributed by atoms with Crippen molar-refractivity contribution in [3.63, 3.8) is 0 Å². The summed E-state index contributed by atoms with van der Waals surface area (Å²) >= 11 is 0. The Morgan fingerprint density at radius 1 is 1.04 bits per heavy atom. The van der Waals surface area contributed by atoms with Crippen LogP contribution in [0, 0.1) is 0 Å². The average molecular weight is 360 g/mol. The summed E-state index contributed by atoms with van der Waals surface area (Å²) in [4.78, 5) is 17.3. The summed E-state index contributed by atoms with van der Waals surface area (Å²) in [5.41, 5.74) is 1.98. The fourth-order valence-electron chi connectivity index (χ4n) is 3.94. The average Bonchev–Trinajstić information content (AvgIpc) is 2.92. The van der Waals surface area contributed by atoms with Gasteiger partial charge in [-0.2, -0.15) is 0 Å². The van der Waals surface area contributed by atoms with E-state index in [2.05, 4.69) is 21.2 Å². The second kappa shape index (κ2) is 10.0. The maximum absolute atomic E-state index is 12.5. The predicted molar refractivity (Wildman–Crippen MR) is 104 cm³/mol. The fraction of sp³-hybridized carbons (Fsp3) is 0.667. The van der Waals surface area contributed by atoms with Crippen LogP contribution in [0.25, 0.3) is 0 Å². The number of carbonyl (C=O) groups excluding carboxylic acids is 1. The number of amides is 1. The van der Waals surface area contributed by atoms with Crippen LogP contribution in [-0.4, -0.2) is 66.2 Å². The zero-order chi connectivity index (χ0) is 18.2. The maximum atomic E-state index is 12.5. The van der Waals surface area contributed by atoms with Gasteiger partial charge in [0, 0.05) is 38.3 Å². The van der Waals surface area contributed by atoms with Crippen LogP contribution in [-0.2, 0) is 6.54 Å². The Labute approximate surface area is 157 Å². The quantitative estimate of drug-likeness (QED) is 0.818. The lowest BCUT2D eigenvalue weighted by Crippen LogP contribution is -2.40. The van der Waals surface area contributed by atoms with E-state index in [1.807, 2.05) is 18.2 Å². The van der Waals surface area contributed by atoms with Crippen molar-refractivity contribution in [3.8, 4) is 0 Å². The first-order chi connectivity index (χ1) is 12.7. The van der Waals surface area contributed by atoms with Crippen molar-refractivity contribution in [1.29, 1.82) is 0 Å². The van der Waals surface area contributed by atoms with Gasteiger partial charge in [0.15, 0.2) is 0 Å². The molecular formula is C21H33N3O2. The maximum Gasteiger partial charge on any atom is 0.251 e. The van der Waals surface area contributed by atoms with Crippen LogP contribution in [0.4, 0.5) is 0 Å². The van der Waals surface area contributed by atoms with Crippen molar-refractivity contribution in [2.45, 2.75) is 51.2 Å². The van der Waals surface area contributed by atoms with Gasteiger partial charge in [0.1, 0.15) is 0 Å². The molecular weight excluding hydrogens is 326 g/mol. The van der Waals surface area contributed by atoms with Gasteiger partial charge in [0.05, 0.1) is 6.10 Å². The first-order valence-electron chi connectivity index (χ1n) is 10.2. The second-order valence-electron chi connectivity index (χ2n) is 7.72. The zero-order valence-electron chi connectivity index (χ0n) is 15.8. The molecule has 0 spiro atoms. The molecule has 2 fully saturated rings. The molecule has 1 amide bonds. The summed E-state index contributed by atoms with van der Waals surface area (Å²) in [6.45, 7) is 6.63. The number of hydrogen-bond donors (Lipinski definition) is 2. The minimum absolute atomic E-state index is 0.0137. The van der Waals surface area contributed by atoms with Crippen molar-refractivity contribution >= 4 is 5.91 Å². The molecule has 0 unspecified atom stereocenters. The highest BCUT2D eigenvalue weighted by atomic mass is 16.3. The topological polar surface area (TPSA) is 55.8 Å². The Morgan fingerprint density at radius 2 is 1.77 bits per heavy atom. The van der Waals surface area contributed by atoms with Crippen LogP contribution in [0.3, 0.4) is 0 Å². The molecule has 5 nitrogen and oxygen atoms in total. The van der Waals surface area contributed by atoms with Gasteiger partial charge in [-0.25, -0.2) is 0 Å². The number of hydrogen-bond acceptors (Lipinski definition) is 4. The number of nitrogens with zero attached hydrogens (tertiary/aromatic N) is 2. The van der Waals surface area contributed by atoms with E-state index in [4.69, 9.17) is 0 Å². The molecule has 0 aliphatic carbocycles. The van der Waals surface area contributed by atoms with E-state index in [1.165, 1.54) is 44.3 Å².